The lowest BCUT2D eigenvalue weighted by Crippen LogP contribution is -2.37. The molecule has 2 aliphatic rings. The lowest BCUT2D eigenvalue weighted by atomic mass is 9.70. The van der Waals surface area contributed by atoms with Crippen molar-refractivity contribution in [2.75, 3.05) is 0 Å². The molecule has 3 rings (SSSR count). The number of nitrogens with one attached hydrogen (secondary N) is 1. The third-order valence-corrected chi connectivity index (χ3v) is 6.25. The summed E-state index contributed by atoms with van der Waals surface area (Å²) in [4.78, 5) is 11.6. The first-order valence-electron chi connectivity index (χ1n) is 7.59. The first-order valence-corrected chi connectivity index (χ1v) is 7.59. The van der Waals surface area contributed by atoms with E-state index < -0.39 is 0 Å². The van der Waals surface area contributed by atoms with Crippen molar-refractivity contribution in [2.45, 2.75) is 52.7 Å². The summed E-state index contributed by atoms with van der Waals surface area (Å²) in [5.74, 6) is 6.10. The Morgan fingerprint density at radius 2 is 2.29 bits per heavy atom. The number of furan rings is 1. The van der Waals surface area contributed by atoms with Gasteiger partial charge in [-0.25, -0.2) is 5.84 Å². The molecule has 2 aliphatic carbocycles. The molecule has 3 N–H and O–H groups in total. The van der Waals surface area contributed by atoms with Crippen LogP contribution in [0.25, 0.3) is 0 Å². The number of amides is 1. The first-order chi connectivity index (χ1) is 9.90. The summed E-state index contributed by atoms with van der Waals surface area (Å²) in [6.45, 7) is 7.36. The molecule has 1 amide bonds. The minimum Gasteiger partial charge on any atom is -0.466 e. The van der Waals surface area contributed by atoms with Crippen molar-refractivity contribution in [1.82, 2.24) is 5.43 Å². The molecule has 0 saturated heterocycles. The summed E-state index contributed by atoms with van der Waals surface area (Å²) >= 11 is 0. The van der Waals surface area contributed by atoms with Gasteiger partial charge in [0, 0.05) is 0 Å². The van der Waals surface area contributed by atoms with Crippen molar-refractivity contribution in [2.24, 2.45) is 22.6 Å². The highest BCUT2D eigenvalue weighted by atomic mass is 16.5. The summed E-state index contributed by atoms with van der Waals surface area (Å²) in [7, 11) is 0. The van der Waals surface area contributed by atoms with E-state index in [0.717, 1.165) is 12.3 Å². The number of nitrogen functional groups attached to an aromatic ring is 1. The normalized spacial score (nSPS) is 33.3. The van der Waals surface area contributed by atoms with E-state index in [9.17, 15) is 4.79 Å². The van der Waals surface area contributed by atoms with Gasteiger partial charge in [-0.15, -0.1) is 0 Å². The molecule has 21 heavy (non-hydrogen) atoms. The number of hydrazine groups is 1. The molecule has 2 saturated carbocycles. The second kappa shape index (κ2) is 4.85. The fourth-order valence-electron chi connectivity index (χ4n) is 4.29. The Hall–Kier alpha value is -1.33. The van der Waals surface area contributed by atoms with Gasteiger partial charge < -0.3 is 9.15 Å². The molecule has 2 bridgehead atoms. The minimum absolute atomic E-state index is 0.209. The fourth-order valence-corrected chi connectivity index (χ4v) is 4.29. The Morgan fingerprint density at radius 1 is 1.52 bits per heavy atom. The molecule has 0 radical (unpaired) electrons. The predicted octanol–water partition coefficient (Wildman–Crippen LogP) is 2.61. The number of ether oxygens (including phenoxy) is 1. The number of rotatable bonds is 4. The number of fused-ring (bicyclic) bond motifs is 2. The standard InChI is InChI=1S/C16H24N2O3/c1-15(2)10-4-6-16(15,3)13(8-10)21-9-12-11(5-7-20-12)14(19)18-17/h5,7,10,13H,4,6,8-9,17H2,1-3H3,(H,18,19). The Labute approximate surface area is 125 Å². The maximum absolute atomic E-state index is 11.6. The molecular weight excluding hydrogens is 268 g/mol. The van der Waals surface area contributed by atoms with Gasteiger partial charge in [0.05, 0.1) is 17.9 Å². The molecule has 1 aromatic rings. The van der Waals surface area contributed by atoms with E-state index in [1.54, 1.807) is 6.07 Å². The molecule has 5 heteroatoms. The number of carbonyl (C=O) groups excluding carboxylic acids is 1. The molecule has 0 spiro atoms. The molecule has 1 heterocycles. The largest absolute Gasteiger partial charge is 0.466 e. The average Bonchev–Trinajstić information content (AvgIpc) is 3.06. The van der Waals surface area contributed by atoms with Gasteiger partial charge in [-0.3, -0.25) is 10.2 Å². The predicted molar refractivity (Wildman–Crippen MR) is 78.2 cm³/mol. The molecule has 0 aromatic carbocycles. The molecule has 116 valence electrons. The van der Waals surface area contributed by atoms with Crippen molar-refractivity contribution in [3.8, 4) is 0 Å². The van der Waals surface area contributed by atoms with Crippen molar-refractivity contribution < 1.29 is 13.9 Å². The SMILES string of the molecule is CC1(C)C2CCC1(C)C(OCc1occc1C(=O)NN)C2. The van der Waals surface area contributed by atoms with Gasteiger partial charge >= 0.3 is 0 Å². The highest BCUT2D eigenvalue weighted by Crippen LogP contribution is 2.66. The Kier molecular flexibility index (Phi) is 3.37. The van der Waals surface area contributed by atoms with Gasteiger partial charge in [0.15, 0.2) is 0 Å². The van der Waals surface area contributed by atoms with Crippen molar-refractivity contribution >= 4 is 5.91 Å². The fraction of sp³-hybridized carbons (Fsp3) is 0.688. The monoisotopic (exact) mass is 292 g/mol. The maximum Gasteiger partial charge on any atom is 0.268 e. The molecule has 1 aromatic heterocycles. The van der Waals surface area contributed by atoms with Crippen LogP contribution in [-0.4, -0.2) is 12.0 Å². The summed E-state index contributed by atoms with van der Waals surface area (Å²) in [5, 5.41) is 0. The topological polar surface area (TPSA) is 77.5 Å². The van der Waals surface area contributed by atoms with Gasteiger partial charge in [-0.1, -0.05) is 20.8 Å². The first kappa shape index (κ1) is 14.6. The lowest BCUT2D eigenvalue weighted by Gasteiger charge is -2.38. The van der Waals surface area contributed by atoms with Crippen LogP contribution in [0.1, 0.15) is 56.2 Å². The molecule has 3 atom stereocenters. The summed E-state index contributed by atoms with van der Waals surface area (Å²) < 4.78 is 11.5. The molecule has 3 unspecified atom stereocenters. The van der Waals surface area contributed by atoms with E-state index in [2.05, 4.69) is 26.2 Å². The summed E-state index contributed by atoms with van der Waals surface area (Å²) in [6, 6.07) is 1.62. The Morgan fingerprint density at radius 3 is 2.86 bits per heavy atom. The molecule has 2 fully saturated rings. The van der Waals surface area contributed by atoms with Crippen LogP contribution in [0.2, 0.25) is 0 Å². The zero-order valence-corrected chi connectivity index (χ0v) is 12.9. The highest BCUT2D eigenvalue weighted by Gasteiger charge is 2.61. The molecule has 0 aliphatic heterocycles. The summed E-state index contributed by atoms with van der Waals surface area (Å²) in [5.41, 5.74) is 3.10. The van der Waals surface area contributed by atoms with Gasteiger partial charge in [-0.2, -0.15) is 0 Å². The zero-order valence-electron chi connectivity index (χ0n) is 12.9. The maximum atomic E-state index is 11.6. The zero-order chi connectivity index (χ0) is 15.3. The van der Waals surface area contributed by atoms with E-state index in [1.165, 1.54) is 19.1 Å². The van der Waals surface area contributed by atoms with Crippen molar-refractivity contribution in [3.05, 3.63) is 23.7 Å². The smallest absolute Gasteiger partial charge is 0.268 e. The van der Waals surface area contributed by atoms with E-state index in [4.69, 9.17) is 15.0 Å². The summed E-state index contributed by atoms with van der Waals surface area (Å²) in [6.07, 6.45) is 5.33. The third-order valence-electron chi connectivity index (χ3n) is 6.25. The Bertz CT molecular complexity index is 551. The van der Waals surface area contributed by atoms with E-state index in [1.807, 2.05) is 0 Å². The van der Waals surface area contributed by atoms with Crippen LogP contribution < -0.4 is 11.3 Å². The van der Waals surface area contributed by atoms with E-state index in [0.29, 0.717) is 23.3 Å². The van der Waals surface area contributed by atoms with Crippen LogP contribution in [-0.2, 0) is 11.3 Å². The van der Waals surface area contributed by atoms with Crippen molar-refractivity contribution in [1.29, 1.82) is 0 Å². The van der Waals surface area contributed by atoms with Crippen molar-refractivity contribution in [3.63, 3.8) is 0 Å². The number of hydrogen-bond donors (Lipinski definition) is 2. The number of hydrogen-bond acceptors (Lipinski definition) is 4. The third kappa shape index (κ3) is 2.02. The minimum atomic E-state index is -0.346. The number of nitrogens with two attached hydrogens (primary N) is 1. The van der Waals surface area contributed by atoms with E-state index >= 15 is 0 Å². The molecule has 5 nitrogen and oxygen atoms in total. The lowest BCUT2D eigenvalue weighted by molar-refractivity contribution is -0.0598. The van der Waals surface area contributed by atoms with Crippen LogP contribution in [0.15, 0.2) is 16.7 Å². The van der Waals surface area contributed by atoms with Crippen LogP contribution in [0.4, 0.5) is 0 Å². The average molecular weight is 292 g/mol. The second-order valence-electron chi connectivity index (χ2n) is 7.14. The highest BCUT2D eigenvalue weighted by molar-refractivity contribution is 5.94. The van der Waals surface area contributed by atoms with Gasteiger partial charge in [0.2, 0.25) is 0 Å². The number of carbonyl (C=O) groups is 1. The Balaban J connectivity index is 1.70. The van der Waals surface area contributed by atoms with Crippen LogP contribution in [0.3, 0.4) is 0 Å². The van der Waals surface area contributed by atoms with Gasteiger partial charge in [0.25, 0.3) is 5.91 Å². The van der Waals surface area contributed by atoms with Crippen LogP contribution >= 0.6 is 0 Å². The van der Waals surface area contributed by atoms with Crippen LogP contribution in [0, 0.1) is 16.7 Å². The van der Waals surface area contributed by atoms with Gasteiger partial charge in [0.1, 0.15) is 12.4 Å². The molecular formula is C16H24N2O3. The van der Waals surface area contributed by atoms with Crippen LogP contribution in [0.5, 0.6) is 0 Å². The second-order valence-corrected chi connectivity index (χ2v) is 7.14. The van der Waals surface area contributed by atoms with E-state index in [-0.39, 0.29) is 17.4 Å². The van der Waals surface area contributed by atoms with Gasteiger partial charge in [-0.05, 0) is 42.1 Å². The quantitative estimate of drug-likeness (QED) is 0.508.